The number of hydrogen-bond acceptors (Lipinski definition) is 3. The quantitative estimate of drug-likeness (QED) is 0.618. The summed E-state index contributed by atoms with van der Waals surface area (Å²) in [4.78, 5) is 0. The number of hydrogen-bond donors (Lipinski definition) is 1. The Balaban J connectivity index is 2.28. The predicted molar refractivity (Wildman–Crippen MR) is 86.9 cm³/mol. The van der Waals surface area contributed by atoms with Crippen LogP contribution in [0.1, 0.15) is 37.8 Å². The van der Waals surface area contributed by atoms with E-state index in [2.05, 4.69) is 53.3 Å². The first-order valence-corrected chi connectivity index (χ1v) is 8.20. The number of ether oxygens (including phenoxy) is 2. The average Bonchev–Trinajstić information content (AvgIpc) is 2.45. The lowest BCUT2D eigenvalue weighted by Crippen LogP contribution is -2.13. The Morgan fingerprint density at radius 3 is 2.55 bits per heavy atom. The maximum Gasteiger partial charge on any atom is 0.0728 e. The third kappa shape index (κ3) is 7.39. The van der Waals surface area contributed by atoms with Gasteiger partial charge in [0, 0.05) is 17.6 Å². The molecule has 1 aromatic carbocycles. The fraction of sp³-hybridized carbons (Fsp3) is 0.625. The van der Waals surface area contributed by atoms with Gasteiger partial charge in [-0.1, -0.05) is 41.9 Å². The van der Waals surface area contributed by atoms with Gasteiger partial charge in [0.2, 0.25) is 0 Å². The van der Waals surface area contributed by atoms with Gasteiger partial charge in [0.25, 0.3) is 0 Å². The Kier molecular flexibility index (Phi) is 9.93. The first kappa shape index (κ1) is 17.6. The van der Waals surface area contributed by atoms with Gasteiger partial charge in [0.15, 0.2) is 0 Å². The summed E-state index contributed by atoms with van der Waals surface area (Å²) in [6, 6.07) is 6.44. The highest BCUT2D eigenvalue weighted by molar-refractivity contribution is 9.10. The fourth-order valence-electron chi connectivity index (χ4n) is 1.77. The summed E-state index contributed by atoms with van der Waals surface area (Å²) in [5.41, 5.74) is 2.47. The zero-order valence-corrected chi connectivity index (χ0v) is 14.2. The molecule has 114 valence electrons. The second kappa shape index (κ2) is 11.3. The van der Waals surface area contributed by atoms with Crippen molar-refractivity contribution in [3.8, 4) is 0 Å². The van der Waals surface area contributed by atoms with E-state index in [1.54, 1.807) is 0 Å². The minimum Gasteiger partial charge on any atom is -0.379 e. The second-order valence-corrected chi connectivity index (χ2v) is 5.62. The molecule has 3 nitrogen and oxygen atoms in total. The number of rotatable bonds is 11. The van der Waals surface area contributed by atoms with Crippen molar-refractivity contribution in [1.29, 1.82) is 0 Å². The summed E-state index contributed by atoms with van der Waals surface area (Å²) in [6.45, 7) is 9.00. The van der Waals surface area contributed by atoms with Crippen molar-refractivity contribution in [2.75, 3.05) is 26.4 Å². The predicted octanol–water partition coefficient (Wildman–Crippen LogP) is 3.89. The van der Waals surface area contributed by atoms with Gasteiger partial charge in [-0.2, -0.15) is 0 Å². The van der Waals surface area contributed by atoms with Crippen LogP contribution in [0.25, 0.3) is 0 Å². The minimum absolute atomic E-state index is 0.624. The van der Waals surface area contributed by atoms with E-state index in [4.69, 9.17) is 9.47 Å². The first-order chi connectivity index (χ1) is 9.77. The van der Waals surface area contributed by atoms with Gasteiger partial charge in [0.1, 0.15) is 0 Å². The molecule has 0 saturated carbocycles. The van der Waals surface area contributed by atoms with E-state index in [0.29, 0.717) is 19.8 Å². The molecule has 0 saturated heterocycles. The van der Waals surface area contributed by atoms with E-state index in [9.17, 15) is 0 Å². The Morgan fingerprint density at radius 1 is 1.05 bits per heavy atom. The minimum atomic E-state index is 0.624. The molecule has 4 heteroatoms. The van der Waals surface area contributed by atoms with Crippen LogP contribution in [0.5, 0.6) is 0 Å². The molecule has 0 fully saturated rings. The molecule has 0 heterocycles. The topological polar surface area (TPSA) is 30.5 Å². The van der Waals surface area contributed by atoms with Crippen LogP contribution in [0, 0.1) is 0 Å². The van der Waals surface area contributed by atoms with Gasteiger partial charge in [-0.05, 0) is 36.6 Å². The average molecular weight is 344 g/mol. The van der Waals surface area contributed by atoms with Crippen LogP contribution in [0.2, 0.25) is 0 Å². The van der Waals surface area contributed by atoms with Crippen LogP contribution in [0.4, 0.5) is 0 Å². The maximum absolute atomic E-state index is 5.61. The molecule has 0 amide bonds. The molecular weight excluding hydrogens is 318 g/mol. The van der Waals surface area contributed by atoms with E-state index in [0.717, 1.165) is 37.0 Å². The number of benzene rings is 1. The zero-order chi connectivity index (χ0) is 14.6. The first-order valence-electron chi connectivity index (χ1n) is 7.41. The van der Waals surface area contributed by atoms with E-state index >= 15 is 0 Å². The van der Waals surface area contributed by atoms with Crippen LogP contribution in [-0.2, 0) is 22.6 Å². The molecule has 1 N–H and O–H groups in total. The lowest BCUT2D eigenvalue weighted by atomic mass is 10.1. The smallest absolute Gasteiger partial charge is 0.0728 e. The molecule has 0 unspecified atom stereocenters. The molecule has 0 aliphatic carbocycles. The van der Waals surface area contributed by atoms with Gasteiger partial charge in [-0.15, -0.1) is 0 Å². The highest BCUT2D eigenvalue weighted by atomic mass is 79.9. The van der Waals surface area contributed by atoms with E-state index in [1.807, 2.05) is 0 Å². The summed E-state index contributed by atoms with van der Waals surface area (Å²) in [6.07, 6.45) is 2.21. The molecule has 0 aliphatic heterocycles. The highest BCUT2D eigenvalue weighted by Crippen LogP contribution is 2.19. The van der Waals surface area contributed by atoms with Crippen molar-refractivity contribution in [2.24, 2.45) is 0 Å². The lowest BCUT2D eigenvalue weighted by Gasteiger charge is -2.09. The van der Waals surface area contributed by atoms with Gasteiger partial charge in [-0.25, -0.2) is 0 Å². The van der Waals surface area contributed by atoms with Gasteiger partial charge in [-0.3, -0.25) is 0 Å². The second-order valence-electron chi connectivity index (χ2n) is 4.77. The van der Waals surface area contributed by atoms with Crippen molar-refractivity contribution in [3.63, 3.8) is 0 Å². The molecule has 0 radical (unpaired) electrons. The number of nitrogens with one attached hydrogen (secondary N) is 1. The van der Waals surface area contributed by atoms with Crippen LogP contribution in [0.15, 0.2) is 22.7 Å². The molecule has 0 aromatic heterocycles. The summed E-state index contributed by atoms with van der Waals surface area (Å²) in [5, 5.41) is 3.40. The summed E-state index contributed by atoms with van der Waals surface area (Å²) < 4.78 is 12.1. The van der Waals surface area contributed by atoms with Crippen LogP contribution in [-0.4, -0.2) is 26.4 Å². The van der Waals surface area contributed by atoms with Crippen molar-refractivity contribution in [3.05, 3.63) is 33.8 Å². The van der Waals surface area contributed by atoms with Gasteiger partial charge < -0.3 is 14.8 Å². The van der Waals surface area contributed by atoms with Crippen LogP contribution >= 0.6 is 15.9 Å². The maximum atomic E-state index is 5.61. The molecule has 1 aromatic rings. The lowest BCUT2D eigenvalue weighted by molar-refractivity contribution is 0.0406. The highest BCUT2D eigenvalue weighted by Gasteiger charge is 2.02. The summed E-state index contributed by atoms with van der Waals surface area (Å²) in [5.74, 6) is 0. The molecule has 0 atom stereocenters. The van der Waals surface area contributed by atoms with Crippen LogP contribution in [0.3, 0.4) is 0 Å². The van der Waals surface area contributed by atoms with Crippen LogP contribution < -0.4 is 5.32 Å². The molecule has 0 aliphatic rings. The molecule has 0 bridgehead atoms. The number of halogens is 1. The van der Waals surface area contributed by atoms with Gasteiger partial charge >= 0.3 is 0 Å². The fourth-order valence-corrected chi connectivity index (χ4v) is 2.31. The van der Waals surface area contributed by atoms with E-state index < -0.39 is 0 Å². The zero-order valence-electron chi connectivity index (χ0n) is 12.6. The van der Waals surface area contributed by atoms with Crippen molar-refractivity contribution in [2.45, 2.75) is 39.8 Å². The third-order valence-corrected chi connectivity index (χ3v) is 3.59. The normalized spacial score (nSPS) is 10.9. The Labute approximate surface area is 131 Å². The van der Waals surface area contributed by atoms with E-state index in [-0.39, 0.29) is 0 Å². The van der Waals surface area contributed by atoms with Crippen molar-refractivity contribution >= 4 is 15.9 Å². The molecule has 20 heavy (non-hydrogen) atoms. The monoisotopic (exact) mass is 343 g/mol. The molecular formula is C16H26BrNO2. The van der Waals surface area contributed by atoms with Crippen molar-refractivity contribution in [1.82, 2.24) is 5.32 Å². The SMILES string of the molecule is CCCNCc1ccc(COCCOCCC)c(Br)c1. The molecule has 0 spiro atoms. The summed E-state index contributed by atoms with van der Waals surface area (Å²) >= 11 is 3.61. The Bertz CT molecular complexity index is 371. The largest absolute Gasteiger partial charge is 0.379 e. The van der Waals surface area contributed by atoms with Crippen molar-refractivity contribution < 1.29 is 9.47 Å². The third-order valence-electron chi connectivity index (χ3n) is 2.85. The Morgan fingerprint density at radius 2 is 1.85 bits per heavy atom. The Hall–Kier alpha value is -0.420. The van der Waals surface area contributed by atoms with Gasteiger partial charge in [0.05, 0.1) is 19.8 Å². The summed E-state index contributed by atoms with van der Waals surface area (Å²) in [7, 11) is 0. The van der Waals surface area contributed by atoms with E-state index in [1.165, 1.54) is 11.1 Å². The molecule has 1 rings (SSSR count). The standard InChI is InChI=1S/C16H26BrNO2/c1-3-7-18-12-14-5-6-15(16(17)11-14)13-20-10-9-19-8-4-2/h5-6,11,18H,3-4,7-10,12-13H2,1-2H3.